The van der Waals surface area contributed by atoms with E-state index in [0.29, 0.717) is 24.3 Å². The van der Waals surface area contributed by atoms with Gasteiger partial charge in [0.05, 0.1) is 17.4 Å². The Morgan fingerprint density at radius 3 is 2.09 bits per heavy atom. The number of amides is 2. The summed E-state index contributed by atoms with van der Waals surface area (Å²) in [6.45, 7) is 6.33. The summed E-state index contributed by atoms with van der Waals surface area (Å²) >= 11 is 1.43. The van der Waals surface area contributed by atoms with E-state index < -0.39 is 0 Å². The number of benzene rings is 2. The van der Waals surface area contributed by atoms with Crippen molar-refractivity contribution in [1.29, 1.82) is 0 Å². The molecule has 0 radical (unpaired) electrons. The molecule has 2 aromatic carbocycles. The van der Waals surface area contributed by atoms with E-state index in [4.69, 9.17) is 4.74 Å². The zero-order valence-corrected chi connectivity index (χ0v) is 19.8. The zero-order chi connectivity index (χ0) is 23.3. The van der Waals surface area contributed by atoms with Crippen LogP contribution in [0.3, 0.4) is 0 Å². The molecule has 0 aliphatic heterocycles. The lowest BCUT2D eigenvalue weighted by atomic mass is 10.2. The lowest BCUT2D eigenvalue weighted by molar-refractivity contribution is -0.116. The number of esters is 1. The molecule has 172 valence electrons. The number of thioether (sulfide) groups is 1. The first-order valence-corrected chi connectivity index (χ1v) is 12.0. The Bertz CT molecular complexity index is 882. The van der Waals surface area contributed by atoms with Crippen LogP contribution >= 0.6 is 11.8 Å². The number of hydrogen-bond donors (Lipinski definition) is 2. The number of hydrogen-bond acceptors (Lipinski definition) is 5. The number of nitrogens with one attached hydrogen (secondary N) is 2. The molecule has 0 spiro atoms. The molecule has 0 bridgehead atoms. The lowest BCUT2D eigenvalue weighted by Crippen LogP contribution is -2.22. The van der Waals surface area contributed by atoms with Gasteiger partial charge in [0.25, 0.3) is 0 Å². The van der Waals surface area contributed by atoms with Crippen LogP contribution in [-0.4, -0.2) is 29.6 Å². The predicted molar refractivity (Wildman–Crippen MR) is 130 cm³/mol. The number of rotatable bonds is 12. The van der Waals surface area contributed by atoms with Gasteiger partial charge >= 0.3 is 5.97 Å². The van der Waals surface area contributed by atoms with E-state index in [2.05, 4.69) is 17.6 Å². The molecule has 0 fully saturated rings. The largest absolute Gasteiger partial charge is 0.462 e. The molecule has 0 aliphatic rings. The Hall–Kier alpha value is -2.80. The monoisotopic (exact) mass is 456 g/mol. The maximum atomic E-state index is 12.5. The van der Waals surface area contributed by atoms with Gasteiger partial charge in [-0.05, 0) is 68.3 Å². The van der Waals surface area contributed by atoms with E-state index in [1.165, 1.54) is 11.8 Å². The first kappa shape index (κ1) is 25.5. The van der Waals surface area contributed by atoms with E-state index in [0.717, 1.165) is 36.3 Å². The highest BCUT2D eigenvalue weighted by Crippen LogP contribution is 2.26. The minimum absolute atomic E-state index is 0.0141. The molecule has 2 rings (SSSR count). The molecule has 32 heavy (non-hydrogen) atoms. The van der Waals surface area contributed by atoms with Gasteiger partial charge in [0.1, 0.15) is 0 Å². The molecule has 0 heterocycles. The Kier molecular flexibility index (Phi) is 10.8. The molecule has 0 saturated heterocycles. The smallest absolute Gasteiger partial charge is 0.338 e. The summed E-state index contributed by atoms with van der Waals surface area (Å²) in [6, 6.07) is 14.2. The molecular weight excluding hydrogens is 424 g/mol. The summed E-state index contributed by atoms with van der Waals surface area (Å²) in [5, 5.41) is 5.43. The van der Waals surface area contributed by atoms with Crippen LogP contribution in [0.5, 0.6) is 0 Å². The van der Waals surface area contributed by atoms with Gasteiger partial charge < -0.3 is 15.4 Å². The fourth-order valence-corrected chi connectivity index (χ4v) is 3.63. The van der Waals surface area contributed by atoms with E-state index in [1.54, 1.807) is 24.3 Å². The number of unbranched alkanes of at least 4 members (excludes halogenated alkanes) is 2. The maximum Gasteiger partial charge on any atom is 0.338 e. The van der Waals surface area contributed by atoms with Gasteiger partial charge in [0.15, 0.2) is 0 Å². The third kappa shape index (κ3) is 8.75. The molecule has 0 saturated carbocycles. The average molecular weight is 457 g/mol. The van der Waals surface area contributed by atoms with Gasteiger partial charge in [0, 0.05) is 22.7 Å². The fraction of sp³-hybridized carbons (Fsp3) is 0.400. The summed E-state index contributed by atoms with van der Waals surface area (Å²) in [5.41, 5.74) is 1.84. The minimum Gasteiger partial charge on any atom is -0.462 e. The van der Waals surface area contributed by atoms with Gasteiger partial charge in [-0.3, -0.25) is 9.59 Å². The van der Waals surface area contributed by atoms with Crippen molar-refractivity contribution in [2.45, 2.75) is 63.0 Å². The Morgan fingerprint density at radius 1 is 0.875 bits per heavy atom. The molecule has 2 aromatic rings. The summed E-state index contributed by atoms with van der Waals surface area (Å²) in [7, 11) is 0. The van der Waals surface area contributed by atoms with E-state index >= 15 is 0 Å². The van der Waals surface area contributed by atoms with Gasteiger partial charge in [0.2, 0.25) is 11.8 Å². The molecule has 0 aromatic heterocycles. The van der Waals surface area contributed by atoms with Crippen LogP contribution in [-0.2, 0) is 14.3 Å². The van der Waals surface area contributed by atoms with Crippen LogP contribution in [0.25, 0.3) is 0 Å². The summed E-state index contributed by atoms with van der Waals surface area (Å²) in [5.74, 6) is -0.476. The summed E-state index contributed by atoms with van der Waals surface area (Å²) < 4.78 is 5.19. The molecular formula is C25H32N2O4S. The molecule has 2 N–H and O–H groups in total. The number of carbonyl (C=O) groups is 3. The van der Waals surface area contributed by atoms with Crippen molar-refractivity contribution in [2.75, 3.05) is 17.2 Å². The van der Waals surface area contributed by atoms with Crippen molar-refractivity contribution in [3.63, 3.8) is 0 Å². The van der Waals surface area contributed by atoms with Gasteiger partial charge in [-0.2, -0.15) is 0 Å². The summed E-state index contributed by atoms with van der Waals surface area (Å²) in [6.07, 6.45) is 4.18. The predicted octanol–water partition coefficient (Wildman–Crippen LogP) is 5.89. The zero-order valence-electron chi connectivity index (χ0n) is 19.0. The van der Waals surface area contributed by atoms with Gasteiger partial charge in [-0.25, -0.2) is 4.79 Å². The second-order valence-electron chi connectivity index (χ2n) is 7.49. The van der Waals surface area contributed by atoms with Crippen LogP contribution in [0.4, 0.5) is 11.4 Å². The van der Waals surface area contributed by atoms with Crippen LogP contribution in [0.15, 0.2) is 53.4 Å². The minimum atomic E-state index is -0.356. The SMILES string of the molecule is CCCCOC(=O)c1ccc(NC(=O)C(C)Sc2ccc(NC(=O)CCCC)cc2)cc1. The van der Waals surface area contributed by atoms with Crippen LogP contribution < -0.4 is 10.6 Å². The van der Waals surface area contributed by atoms with Crippen molar-refractivity contribution < 1.29 is 19.1 Å². The Morgan fingerprint density at radius 2 is 1.47 bits per heavy atom. The number of ether oxygens (including phenoxy) is 1. The highest BCUT2D eigenvalue weighted by atomic mass is 32.2. The van der Waals surface area contributed by atoms with E-state index in [1.807, 2.05) is 38.1 Å². The third-order valence-electron chi connectivity index (χ3n) is 4.70. The first-order chi connectivity index (χ1) is 15.4. The standard InChI is InChI=1S/C25H32N2O4S/c1-4-6-8-23(28)26-20-13-15-22(16-14-20)32-18(3)24(29)27-21-11-9-19(10-12-21)25(30)31-17-7-5-2/h9-16,18H,4-8,17H2,1-3H3,(H,26,28)(H,27,29). The Balaban J connectivity index is 1.83. The topological polar surface area (TPSA) is 84.5 Å². The number of carbonyl (C=O) groups excluding carboxylic acids is 3. The second kappa shape index (κ2) is 13.6. The number of anilines is 2. The van der Waals surface area contributed by atoms with Crippen molar-refractivity contribution >= 4 is 40.9 Å². The molecule has 0 aliphatic carbocycles. The van der Waals surface area contributed by atoms with Gasteiger partial charge in [-0.15, -0.1) is 11.8 Å². The average Bonchev–Trinajstić information content (AvgIpc) is 2.79. The van der Waals surface area contributed by atoms with Crippen molar-refractivity contribution in [3.05, 3.63) is 54.1 Å². The van der Waals surface area contributed by atoms with Gasteiger partial charge in [-0.1, -0.05) is 26.7 Å². The van der Waals surface area contributed by atoms with Crippen LogP contribution in [0, 0.1) is 0 Å². The van der Waals surface area contributed by atoms with Crippen molar-refractivity contribution in [2.24, 2.45) is 0 Å². The molecule has 1 unspecified atom stereocenters. The lowest BCUT2D eigenvalue weighted by Gasteiger charge is -2.13. The van der Waals surface area contributed by atoms with Crippen LogP contribution in [0.1, 0.15) is 63.2 Å². The van der Waals surface area contributed by atoms with E-state index in [-0.39, 0.29) is 23.0 Å². The molecule has 2 amide bonds. The van der Waals surface area contributed by atoms with Crippen molar-refractivity contribution in [3.8, 4) is 0 Å². The van der Waals surface area contributed by atoms with Crippen molar-refractivity contribution in [1.82, 2.24) is 0 Å². The molecule has 1 atom stereocenters. The quantitative estimate of drug-likeness (QED) is 0.236. The maximum absolute atomic E-state index is 12.5. The first-order valence-electron chi connectivity index (χ1n) is 11.1. The molecule has 7 heteroatoms. The highest BCUT2D eigenvalue weighted by molar-refractivity contribution is 8.00. The Labute approximate surface area is 194 Å². The summed E-state index contributed by atoms with van der Waals surface area (Å²) in [4.78, 5) is 37.3. The molecule has 6 nitrogen and oxygen atoms in total. The third-order valence-corrected chi connectivity index (χ3v) is 5.81. The normalized spacial score (nSPS) is 11.5. The second-order valence-corrected chi connectivity index (χ2v) is 8.91. The highest BCUT2D eigenvalue weighted by Gasteiger charge is 2.15. The fourth-order valence-electron chi connectivity index (χ4n) is 2.76. The van der Waals surface area contributed by atoms with E-state index in [9.17, 15) is 14.4 Å². The van der Waals surface area contributed by atoms with Crippen LogP contribution in [0.2, 0.25) is 0 Å².